The minimum atomic E-state index is -0.528. The zero-order valence-electron chi connectivity index (χ0n) is 16.2. The van der Waals surface area contributed by atoms with Crippen LogP contribution >= 0.6 is 0 Å². The van der Waals surface area contributed by atoms with Gasteiger partial charge in [0.15, 0.2) is 5.78 Å². The first-order valence-electron chi connectivity index (χ1n) is 9.81. The van der Waals surface area contributed by atoms with E-state index in [1.54, 1.807) is 0 Å². The number of carbonyl (C=O) groups excluding carboxylic acids is 3. The average Bonchev–Trinajstić information content (AvgIpc) is 2.76. The molecule has 5 atom stereocenters. The summed E-state index contributed by atoms with van der Waals surface area (Å²) in [6.45, 7) is 10.5. The molecule has 0 radical (unpaired) electrons. The van der Waals surface area contributed by atoms with E-state index in [1.165, 1.54) is 0 Å². The summed E-state index contributed by atoms with van der Waals surface area (Å²) < 4.78 is 0. The lowest BCUT2D eigenvalue weighted by Gasteiger charge is -2.62. The van der Waals surface area contributed by atoms with E-state index in [-0.39, 0.29) is 33.7 Å². The van der Waals surface area contributed by atoms with Gasteiger partial charge in [-0.2, -0.15) is 0 Å². The van der Waals surface area contributed by atoms with Gasteiger partial charge >= 0.3 is 0 Å². The van der Waals surface area contributed by atoms with Crippen molar-refractivity contribution in [3.63, 3.8) is 0 Å². The van der Waals surface area contributed by atoms with Crippen molar-refractivity contribution in [1.82, 2.24) is 0 Å². The van der Waals surface area contributed by atoms with Crippen LogP contribution in [0.25, 0.3) is 0 Å². The van der Waals surface area contributed by atoms with Gasteiger partial charge in [0, 0.05) is 29.6 Å². The lowest BCUT2D eigenvalue weighted by atomic mass is 9.40. The summed E-state index contributed by atoms with van der Waals surface area (Å²) in [5, 5.41) is 0. The molecule has 136 valence electrons. The largest absolute Gasteiger partial charge is 0.299 e. The fraction of sp³-hybridized carbons (Fsp3) is 0.773. The zero-order valence-corrected chi connectivity index (χ0v) is 16.2. The molecule has 3 nitrogen and oxygen atoms in total. The summed E-state index contributed by atoms with van der Waals surface area (Å²) >= 11 is 0. The van der Waals surface area contributed by atoms with Crippen LogP contribution in [0.4, 0.5) is 0 Å². The van der Waals surface area contributed by atoms with Crippen molar-refractivity contribution in [2.24, 2.45) is 33.5 Å². The molecule has 0 spiro atoms. The van der Waals surface area contributed by atoms with E-state index in [0.29, 0.717) is 24.5 Å². The molecule has 4 rings (SSSR count). The van der Waals surface area contributed by atoms with E-state index in [4.69, 9.17) is 0 Å². The van der Waals surface area contributed by atoms with Gasteiger partial charge in [0.1, 0.15) is 11.6 Å². The van der Waals surface area contributed by atoms with Gasteiger partial charge in [-0.3, -0.25) is 14.4 Å². The van der Waals surface area contributed by atoms with Gasteiger partial charge in [-0.1, -0.05) is 20.8 Å². The van der Waals surface area contributed by atoms with Gasteiger partial charge in [-0.25, -0.2) is 0 Å². The summed E-state index contributed by atoms with van der Waals surface area (Å²) in [4.78, 5) is 38.5. The number of allylic oxidation sites excluding steroid dienone is 2. The lowest BCUT2D eigenvalue weighted by molar-refractivity contribution is -0.161. The van der Waals surface area contributed by atoms with Gasteiger partial charge < -0.3 is 0 Å². The second-order valence-corrected chi connectivity index (χ2v) is 10.3. The first-order valence-corrected chi connectivity index (χ1v) is 9.81. The fourth-order valence-corrected chi connectivity index (χ4v) is 7.08. The number of ketones is 3. The Morgan fingerprint density at radius 1 is 0.880 bits per heavy atom. The molecule has 3 saturated carbocycles. The number of fused-ring (bicyclic) bond motifs is 5. The van der Waals surface area contributed by atoms with Crippen LogP contribution in [-0.2, 0) is 14.4 Å². The van der Waals surface area contributed by atoms with Crippen LogP contribution in [0.5, 0.6) is 0 Å². The van der Waals surface area contributed by atoms with Crippen molar-refractivity contribution in [3.8, 4) is 0 Å². The predicted molar refractivity (Wildman–Crippen MR) is 95.9 cm³/mol. The highest BCUT2D eigenvalue weighted by atomic mass is 16.1. The molecule has 3 fully saturated rings. The van der Waals surface area contributed by atoms with Crippen molar-refractivity contribution >= 4 is 17.3 Å². The van der Waals surface area contributed by atoms with E-state index in [0.717, 1.165) is 31.3 Å². The molecule has 3 heteroatoms. The van der Waals surface area contributed by atoms with Crippen molar-refractivity contribution in [3.05, 3.63) is 11.6 Å². The van der Waals surface area contributed by atoms with Crippen molar-refractivity contribution < 1.29 is 14.4 Å². The molecule has 0 aromatic heterocycles. The number of hydrogen-bond acceptors (Lipinski definition) is 3. The Morgan fingerprint density at radius 3 is 2.24 bits per heavy atom. The Hall–Kier alpha value is -1.25. The van der Waals surface area contributed by atoms with Crippen LogP contribution in [0.3, 0.4) is 0 Å². The maximum absolute atomic E-state index is 13.4. The minimum absolute atomic E-state index is 0.0945. The zero-order chi connectivity index (χ0) is 18.4. The van der Waals surface area contributed by atoms with Crippen LogP contribution in [-0.4, -0.2) is 17.3 Å². The molecular formula is C22H30O3. The van der Waals surface area contributed by atoms with Gasteiger partial charge in [-0.15, -0.1) is 0 Å². The molecule has 4 aliphatic carbocycles. The molecule has 4 aliphatic rings. The third-order valence-corrected chi connectivity index (χ3v) is 9.04. The van der Waals surface area contributed by atoms with Gasteiger partial charge in [0.05, 0.1) is 0 Å². The monoisotopic (exact) mass is 342 g/mol. The highest BCUT2D eigenvalue weighted by Gasteiger charge is 2.69. The molecule has 0 bridgehead atoms. The Balaban J connectivity index is 1.89. The Morgan fingerprint density at radius 2 is 1.56 bits per heavy atom. The van der Waals surface area contributed by atoms with E-state index < -0.39 is 5.41 Å². The highest BCUT2D eigenvalue weighted by molar-refractivity contribution is 6.00. The summed E-state index contributed by atoms with van der Waals surface area (Å²) in [6.07, 6.45) is 6.50. The second-order valence-electron chi connectivity index (χ2n) is 10.3. The molecule has 0 saturated heterocycles. The summed E-state index contributed by atoms with van der Waals surface area (Å²) in [6, 6.07) is 0. The average molecular weight is 342 g/mol. The first-order chi connectivity index (χ1) is 11.5. The Labute approximate surface area is 150 Å². The smallest absolute Gasteiger partial charge is 0.159 e. The highest BCUT2D eigenvalue weighted by Crippen LogP contribution is 2.70. The third kappa shape index (κ3) is 1.80. The van der Waals surface area contributed by atoms with Crippen LogP contribution in [0.2, 0.25) is 0 Å². The molecule has 0 aromatic rings. The van der Waals surface area contributed by atoms with E-state index >= 15 is 0 Å². The standard InChI is InChI=1S/C22H30O3/c1-19(2)14-12-15(23)18-20(3,13(14)6-7-16(19)24)10-11-21(4)17(25)8-9-22(18,21)5/h12-13,18H,6-11H2,1-5H3/t13-,18-,20+,21-,22+/m1/s1. The van der Waals surface area contributed by atoms with E-state index in [9.17, 15) is 14.4 Å². The number of carbonyl (C=O) groups is 3. The van der Waals surface area contributed by atoms with E-state index in [1.807, 2.05) is 19.9 Å². The molecule has 0 amide bonds. The minimum Gasteiger partial charge on any atom is -0.299 e. The fourth-order valence-electron chi connectivity index (χ4n) is 7.08. The van der Waals surface area contributed by atoms with E-state index in [2.05, 4.69) is 20.8 Å². The predicted octanol–water partition coefficient (Wildman–Crippen LogP) is 4.29. The normalized spacial score (nSPS) is 48.5. The van der Waals surface area contributed by atoms with Crippen molar-refractivity contribution in [2.75, 3.05) is 0 Å². The Bertz CT molecular complexity index is 730. The topological polar surface area (TPSA) is 51.2 Å². The van der Waals surface area contributed by atoms with Crippen LogP contribution in [0, 0.1) is 33.5 Å². The molecule has 0 aliphatic heterocycles. The van der Waals surface area contributed by atoms with Crippen molar-refractivity contribution in [1.29, 1.82) is 0 Å². The Kier molecular flexibility index (Phi) is 3.24. The number of rotatable bonds is 0. The third-order valence-electron chi connectivity index (χ3n) is 9.04. The molecule has 0 unspecified atom stereocenters. The second kappa shape index (κ2) is 4.72. The van der Waals surface area contributed by atoms with Gasteiger partial charge in [-0.05, 0) is 67.9 Å². The molecule has 25 heavy (non-hydrogen) atoms. The maximum Gasteiger partial charge on any atom is 0.159 e. The van der Waals surface area contributed by atoms with Crippen LogP contribution in [0.1, 0.15) is 73.1 Å². The first kappa shape index (κ1) is 17.2. The quantitative estimate of drug-likeness (QED) is 0.660. The SMILES string of the molecule is CC1(C)C(=O)CC[C@@H]2C1=CC(=O)[C@@H]1[C@@]2(C)CC[C@]2(C)C(=O)CC[C@@]12C. The summed E-state index contributed by atoms with van der Waals surface area (Å²) in [5.41, 5.74) is -0.207. The van der Waals surface area contributed by atoms with Crippen LogP contribution in [0.15, 0.2) is 11.6 Å². The van der Waals surface area contributed by atoms with Crippen molar-refractivity contribution in [2.45, 2.75) is 73.1 Å². The molecule has 0 aromatic carbocycles. The van der Waals surface area contributed by atoms with Gasteiger partial charge in [0.2, 0.25) is 0 Å². The van der Waals surface area contributed by atoms with Gasteiger partial charge in [0.25, 0.3) is 0 Å². The molecule has 0 N–H and O–H groups in total. The van der Waals surface area contributed by atoms with Crippen LogP contribution < -0.4 is 0 Å². The molecular weight excluding hydrogens is 312 g/mol. The summed E-state index contributed by atoms with van der Waals surface area (Å²) in [7, 11) is 0. The number of Topliss-reactive ketones (excluding diaryl/α,β-unsaturated/α-hetero) is 2. The lowest BCUT2D eigenvalue weighted by Crippen LogP contribution is -2.61. The maximum atomic E-state index is 13.4. The summed E-state index contributed by atoms with van der Waals surface area (Å²) in [5.74, 6) is 0.967. The molecule has 0 heterocycles. The number of hydrogen-bond donors (Lipinski definition) is 0.